The minimum atomic E-state index is -3.72. The Morgan fingerprint density at radius 3 is 2.86 bits per heavy atom. The van der Waals surface area contributed by atoms with Crippen LogP contribution >= 0.6 is 0 Å². The van der Waals surface area contributed by atoms with Gasteiger partial charge >= 0.3 is 0 Å². The molecule has 0 unspecified atom stereocenters. The molecular weight excluding hydrogens is 290 g/mol. The molecule has 21 heavy (non-hydrogen) atoms. The number of unbranched alkanes of at least 4 members (excludes halogenated alkanes) is 1. The highest BCUT2D eigenvalue weighted by Gasteiger charge is 2.18. The Labute approximate surface area is 123 Å². The number of nitrogens with one attached hydrogen (secondary N) is 1. The first-order valence-corrected chi connectivity index (χ1v) is 8.05. The molecule has 1 aromatic carbocycles. The molecule has 0 fully saturated rings. The molecule has 2 rings (SSSR count). The molecule has 0 saturated heterocycles. The van der Waals surface area contributed by atoms with Crippen molar-refractivity contribution in [2.24, 2.45) is 7.05 Å². The molecular formula is C14H15N3O3S. The van der Waals surface area contributed by atoms with Gasteiger partial charge in [0.15, 0.2) is 0 Å². The SMILES string of the molecule is Cn1ccc2c(C(=O)NS(=O)(=O)CCCC#N)cccc21. The Kier molecular flexibility index (Phi) is 4.29. The van der Waals surface area contributed by atoms with Crippen LogP contribution in [0.5, 0.6) is 0 Å². The van der Waals surface area contributed by atoms with Gasteiger partial charge in [0.05, 0.1) is 11.8 Å². The van der Waals surface area contributed by atoms with Crippen molar-refractivity contribution in [1.29, 1.82) is 5.26 Å². The molecule has 0 bridgehead atoms. The Hall–Kier alpha value is -2.33. The molecule has 1 aromatic heterocycles. The molecule has 0 atom stereocenters. The number of aryl methyl sites for hydroxylation is 1. The Bertz CT molecular complexity index is 816. The maximum atomic E-state index is 12.2. The molecule has 7 heteroatoms. The van der Waals surface area contributed by atoms with Crippen LogP contribution in [0.1, 0.15) is 23.2 Å². The summed E-state index contributed by atoms with van der Waals surface area (Å²) >= 11 is 0. The molecule has 0 radical (unpaired) electrons. The van der Waals surface area contributed by atoms with Gasteiger partial charge in [-0.05, 0) is 24.6 Å². The first-order valence-electron chi connectivity index (χ1n) is 6.40. The molecule has 0 aliphatic carbocycles. The van der Waals surface area contributed by atoms with Gasteiger partial charge in [0.25, 0.3) is 5.91 Å². The summed E-state index contributed by atoms with van der Waals surface area (Å²) in [6, 6.07) is 8.79. The maximum Gasteiger partial charge on any atom is 0.265 e. The topological polar surface area (TPSA) is 92.0 Å². The third-order valence-electron chi connectivity index (χ3n) is 3.12. The largest absolute Gasteiger partial charge is 0.351 e. The summed E-state index contributed by atoms with van der Waals surface area (Å²) in [6.07, 6.45) is 2.15. The van der Waals surface area contributed by atoms with Gasteiger partial charge in [-0.3, -0.25) is 4.79 Å². The van der Waals surface area contributed by atoms with Gasteiger partial charge < -0.3 is 4.57 Å². The summed E-state index contributed by atoms with van der Waals surface area (Å²) in [5.41, 5.74) is 1.17. The number of nitrogens with zero attached hydrogens (tertiary/aromatic N) is 2. The highest BCUT2D eigenvalue weighted by molar-refractivity contribution is 7.90. The third kappa shape index (κ3) is 3.41. The number of benzene rings is 1. The van der Waals surface area contributed by atoms with Crippen LogP contribution in [0.2, 0.25) is 0 Å². The van der Waals surface area contributed by atoms with Crippen LogP contribution in [0.3, 0.4) is 0 Å². The van der Waals surface area contributed by atoms with E-state index in [-0.39, 0.29) is 18.6 Å². The molecule has 6 nitrogen and oxygen atoms in total. The van der Waals surface area contributed by atoms with E-state index in [9.17, 15) is 13.2 Å². The van der Waals surface area contributed by atoms with Crippen molar-refractivity contribution >= 4 is 26.8 Å². The summed E-state index contributed by atoms with van der Waals surface area (Å²) < 4.78 is 27.5. The summed E-state index contributed by atoms with van der Waals surface area (Å²) in [4.78, 5) is 12.2. The van der Waals surface area contributed by atoms with Gasteiger partial charge in [-0.25, -0.2) is 13.1 Å². The fourth-order valence-electron chi connectivity index (χ4n) is 2.09. The zero-order chi connectivity index (χ0) is 15.5. The Morgan fingerprint density at radius 2 is 2.14 bits per heavy atom. The number of rotatable bonds is 5. The van der Waals surface area contributed by atoms with E-state index in [1.54, 1.807) is 18.2 Å². The van der Waals surface area contributed by atoms with E-state index in [0.29, 0.717) is 10.9 Å². The van der Waals surface area contributed by atoms with Crippen molar-refractivity contribution in [3.8, 4) is 6.07 Å². The van der Waals surface area contributed by atoms with E-state index in [4.69, 9.17) is 5.26 Å². The van der Waals surface area contributed by atoms with Gasteiger partial charge in [-0.15, -0.1) is 0 Å². The molecule has 0 aliphatic heterocycles. The van der Waals surface area contributed by atoms with E-state index in [0.717, 1.165) is 5.52 Å². The minimum Gasteiger partial charge on any atom is -0.351 e. The predicted octanol–water partition coefficient (Wildman–Crippen LogP) is 1.54. The lowest BCUT2D eigenvalue weighted by atomic mass is 10.1. The van der Waals surface area contributed by atoms with Gasteiger partial charge in [-0.2, -0.15) is 5.26 Å². The van der Waals surface area contributed by atoms with Crippen molar-refractivity contribution in [2.45, 2.75) is 12.8 Å². The van der Waals surface area contributed by atoms with Crippen LogP contribution < -0.4 is 4.72 Å². The van der Waals surface area contributed by atoms with Gasteiger partial charge in [-0.1, -0.05) is 6.07 Å². The van der Waals surface area contributed by atoms with Gasteiger partial charge in [0, 0.05) is 36.1 Å². The fraction of sp³-hybridized carbons (Fsp3) is 0.286. The zero-order valence-corrected chi connectivity index (χ0v) is 12.4. The number of sulfonamides is 1. The first-order chi connectivity index (χ1) is 9.94. The van der Waals surface area contributed by atoms with Crippen LogP contribution in [0.25, 0.3) is 10.9 Å². The second-order valence-corrected chi connectivity index (χ2v) is 6.52. The van der Waals surface area contributed by atoms with Gasteiger partial charge in [0.1, 0.15) is 0 Å². The second-order valence-electron chi connectivity index (χ2n) is 4.68. The average molecular weight is 305 g/mol. The quantitative estimate of drug-likeness (QED) is 0.848. The van der Waals surface area contributed by atoms with Gasteiger partial charge in [0.2, 0.25) is 10.0 Å². The molecule has 0 spiro atoms. The first kappa shape index (κ1) is 15.1. The number of fused-ring (bicyclic) bond motifs is 1. The van der Waals surface area contributed by atoms with E-state index in [1.165, 1.54) is 0 Å². The smallest absolute Gasteiger partial charge is 0.265 e. The van der Waals surface area contributed by atoms with Crippen molar-refractivity contribution in [1.82, 2.24) is 9.29 Å². The predicted molar refractivity (Wildman–Crippen MR) is 79.0 cm³/mol. The number of amides is 1. The standard InChI is InChI=1S/C14H15N3O3S/c1-17-9-7-11-12(5-4-6-13(11)17)14(18)16-21(19,20)10-3-2-8-15/h4-7,9H,2-3,10H2,1H3,(H,16,18). The van der Waals surface area contributed by atoms with E-state index < -0.39 is 15.9 Å². The van der Waals surface area contributed by atoms with Crippen LogP contribution in [-0.4, -0.2) is 24.6 Å². The van der Waals surface area contributed by atoms with Crippen LogP contribution in [-0.2, 0) is 17.1 Å². The fourth-order valence-corrected chi connectivity index (χ4v) is 3.11. The number of aromatic nitrogens is 1. The van der Waals surface area contributed by atoms with Crippen molar-refractivity contribution in [3.05, 3.63) is 36.0 Å². The molecule has 1 heterocycles. The Balaban J connectivity index is 2.22. The summed E-state index contributed by atoms with van der Waals surface area (Å²) in [7, 11) is -1.87. The molecule has 0 saturated carbocycles. The summed E-state index contributed by atoms with van der Waals surface area (Å²) in [5.74, 6) is -0.888. The van der Waals surface area contributed by atoms with Crippen LogP contribution in [0, 0.1) is 11.3 Å². The molecule has 2 aromatic rings. The highest BCUT2D eigenvalue weighted by Crippen LogP contribution is 2.19. The van der Waals surface area contributed by atoms with E-state index in [1.807, 2.05) is 34.7 Å². The summed E-state index contributed by atoms with van der Waals surface area (Å²) in [6.45, 7) is 0. The maximum absolute atomic E-state index is 12.2. The zero-order valence-electron chi connectivity index (χ0n) is 11.5. The monoisotopic (exact) mass is 305 g/mol. The Morgan fingerprint density at radius 1 is 1.38 bits per heavy atom. The number of hydrogen-bond acceptors (Lipinski definition) is 4. The second kappa shape index (κ2) is 5.97. The molecule has 1 amide bonds. The number of carbonyl (C=O) groups is 1. The number of hydrogen-bond donors (Lipinski definition) is 1. The highest BCUT2D eigenvalue weighted by atomic mass is 32.2. The van der Waals surface area contributed by atoms with Crippen molar-refractivity contribution in [2.75, 3.05) is 5.75 Å². The minimum absolute atomic E-state index is 0.142. The number of nitriles is 1. The number of carbonyl (C=O) groups excluding carboxylic acids is 1. The molecule has 110 valence electrons. The average Bonchev–Trinajstić information content (AvgIpc) is 2.80. The summed E-state index contributed by atoms with van der Waals surface area (Å²) in [5, 5.41) is 9.11. The molecule has 1 N–H and O–H groups in total. The van der Waals surface area contributed by atoms with Crippen LogP contribution in [0.4, 0.5) is 0 Å². The van der Waals surface area contributed by atoms with Crippen molar-refractivity contribution in [3.63, 3.8) is 0 Å². The lowest BCUT2D eigenvalue weighted by Gasteiger charge is -2.07. The van der Waals surface area contributed by atoms with Crippen LogP contribution in [0.15, 0.2) is 30.5 Å². The van der Waals surface area contributed by atoms with E-state index >= 15 is 0 Å². The lowest BCUT2D eigenvalue weighted by molar-refractivity contribution is 0.0983. The third-order valence-corrected chi connectivity index (χ3v) is 4.44. The normalized spacial score (nSPS) is 11.2. The van der Waals surface area contributed by atoms with E-state index in [2.05, 4.69) is 0 Å². The van der Waals surface area contributed by atoms with Crippen molar-refractivity contribution < 1.29 is 13.2 Å². The lowest BCUT2D eigenvalue weighted by Crippen LogP contribution is -2.32. The molecule has 0 aliphatic rings.